The number of likely N-dealkylation sites (N-methyl/N-ethyl adjacent to an activating group) is 1. The van der Waals surface area contributed by atoms with E-state index in [0.29, 0.717) is 10.6 Å². The van der Waals surface area contributed by atoms with Gasteiger partial charge in [-0.15, -0.1) is 0 Å². The summed E-state index contributed by atoms with van der Waals surface area (Å²) in [5.74, 6) is -0.989. The molecular weight excluding hydrogens is 621 g/mol. The lowest BCUT2D eigenvalue weighted by Gasteiger charge is -2.33. The third-order valence-electron chi connectivity index (χ3n) is 7.25. The Balaban J connectivity index is 1.68. The third-order valence-corrected chi connectivity index (χ3v) is 10.7. The van der Waals surface area contributed by atoms with Gasteiger partial charge in [0.2, 0.25) is 15.9 Å². The molecule has 14 heteroatoms. The molecule has 10 nitrogen and oxygen atoms in total. The highest BCUT2D eigenvalue weighted by atomic mass is 35.5. The average molecular weight is 654 g/mol. The minimum Gasteiger partial charge on any atom is -0.488 e. The second-order valence-electron chi connectivity index (χ2n) is 10.5. The summed E-state index contributed by atoms with van der Waals surface area (Å²) in [6.07, 6.45) is -0.908. The van der Waals surface area contributed by atoms with Gasteiger partial charge in [0, 0.05) is 35.8 Å². The van der Waals surface area contributed by atoms with Gasteiger partial charge in [-0.2, -0.15) is 4.31 Å². The molecule has 0 aliphatic carbocycles. The highest BCUT2D eigenvalue weighted by molar-refractivity contribution is 7.92. The summed E-state index contributed by atoms with van der Waals surface area (Å²) in [6, 6.07) is 14.1. The van der Waals surface area contributed by atoms with Gasteiger partial charge in [0.25, 0.3) is 10.0 Å². The van der Waals surface area contributed by atoms with Gasteiger partial charge in [-0.1, -0.05) is 18.5 Å². The molecule has 1 heterocycles. The molecular formula is C29H33ClFN3O7S2. The maximum absolute atomic E-state index is 13.5. The zero-order valence-corrected chi connectivity index (χ0v) is 26.2. The molecule has 3 aromatic rings. The number of aliphatic hydroxyl groups excluding tert-OH is 1. The SMILES string of the molecule is C[C@H](CO)N1C[C@H](C)[C@@H](CN(C)S(=O)(=O)c2ccc(F)cc2)Oc2ccc(NS(=O)(=O)c3ccc(Cl)cc3)cc2CC1=O. The van der Waals surface area contributed by atoms with Gasteiger partial charge >= 0.3 is 0 Å². The molecule has 0 unspecified atom stereocenters. The standard InChI is InChI=1S/C29H33ClFN3O7S2/c1-19-16-34(20(2)18-35)29(36)15-21-14-24(32-42(37,38)25-9-4-22(30)5-10-25)8-13-27(21)41-28(19)17-33(3)43(39,40)26-11-6-23(31)7-12-26/h4-14,19-20,28,32,35H,15-18H2,1-3H3/t19-,20+,28+/m0/s1. The summed E-state index contributed by atoms with van der Waals surface area (Å²) in [5, 5.41) is 10.2. The highest BCUT2D eigenvalue weighted by Crippen LogP contribution is 2.31. The van der Waals surface area contributed by atoms with Gasteiger partial charge in [-0.3, -0.25) is 9.52 Å². The number of anilines is 1. The first-order valence-electron chi connectivity index (χ1n) is 13.4. The normalized spacial score (nSPS) is 18.7. The number of ether oxygens (including phenoxy) is 1. The lowest BCUT2D eigenvalue weighted by atomic mass is 10.0. The van der Waals surface area contributed by atoms with Crippen molar-refractivity contribution >= 4 is 43.2 Å². The van der Waals surface area contributed by atoms with E-state index in [9.17, 15) is 31.1 Å². The molecule has 43 heavy (non-hydrogen) atoms. The van der Waals surface area contributed by atoms with Crippen molar-refractivity contribution in [2.24, 2.45) is 5.92 Å². The van der Waals surface area contributed by atoms with Crippen LogP contribution in [-0.2, 0) is 31.3 Å². The molecule has 1 aliphatic rings. The van der Waals surface area contributed by atoms with Crippen LogP contribution in [-0.4, -0.2) is 75.9 Å². The van der Waals surface area contributed by atoms with E-state index in [4.69, 9.17) is 16.3 Å². The summed E-state index contributed by atoms with van der Waals surface area (Å²) in [4.78, 5) is 14.9. The molecule has 0 radical (unpaired) electrons. The van der Waals surface area contributed by atoms with Crippen molar-refractivity contribution in [1.82, 2.24) is 9.21 Å². The number of fused-ring (bicyclic) bond motifs is 1. The van der Waals surface area contributed by atoms with E-state index in [1.807, 2.05) is 6.92 Å². The van der Waals surface area contributed by atoms with E-state index < -0.39 is 43.9 Å². The zero-order valence-electron chi connectivity index (χ0n) is 23.8. The number of carbonyl (C=O) groups is 1. The quantitative estimate of drug-likeness (QED) is 0.359. The van der Waals surface area contributed by atoms with Crippen molar-refractivity contribution in [2.75, 3.05) is 31.5 Å². The van der Waals surface area contributed by atoms with Crippen molar-refractivity contribution in [3.63, 3.8) is 0 Å². The summed E-state index contributed by atoms with van der Waals surface area (Å²) in [7, 11) is -6.60. The second-order valence-corrected chi connectivity index (χ2v) is 14.7. The van der Waals surface area contributed by atoms with Crippen LogP contribution >= 0.6 is 11.6 Å². The molecule has 0 aromatic heterocycles. The van der Waals surface area contributed by atoms with Gasteiger partial charge < -0.3 is 14.7 Å². The number of aliphatic hydroxyl groups is 1. The Morgan fingerprint density at radius 1 is 1.07 bits per heavy atom. The third kappa shape index (κ3) is 7.65. The van der Waals surface area contributed by atoms with Crippen molar-refractivity contribution in [1.29, 1.82) is 0 Å². The maximum Gasteiger partial charge on any atom is 0.261 e. The van der Waals surface area contributed by atoms with Crippen LogP contribution in [0.2, 0.25) is 5.02 Å². The molecule has 0 spiro atoms. The molecule has 4 rings (SSSR count). The molecule has 0 saturated heterocycles. The van der Waals surface area contributed by atoms with Crippen molar-refractivity contribution in [3.8, 4) is 5.75 Å². The van der Waals surface area contributed by atoms with E-state index >= 15 is 0 Å². The number of rotatable bonds is 9. The zero-order chi connectivity index (χ0) is 31.5. The Labute approximate surface area is 256 Å². The average Bonchev–Trinajstić information content (AvgIpc) is 3.00. The van der Waals surface area contributed by atoms with Crippen LogP contribution in [0.1, 0.15) is 19.4 Å². The topological polar surface area (TPSA) is 133 Å². The molecule has 2 N–H and O–H groups in total. The molecule has 232 valence electrons. The van der Waals surface area contributed by atoms with E-state index in [2.05, 4.69) is 4.72 Å². The summed E-state index contributed by atoms with van der Waals surface area (Å²) >= 11 is 5.89. The lowest BCUT2D eigenvalue weighted by Crippen LogP contribution is -2.48. The lowest BCUT2D eigenvalue weighted by molar-refractivity contribution is -0.134. The first-order chi connectivity index (χ1) is 20.2. The minimum absolute atomic E-state index is 0.00463. The van der Waals surface area contributed by atoms with E-state index in [-0.39, 0.29) is 53.3 Å². The Kier molecular flexibility index (Phi) is 10.0. The van der Waals surface area contributed by atoms with E-state index in [1.165, 1.54) is 66.5 Å². The number of amides is 1. The van der Waals surface area contributed by atoms with Crippen LogP contribution in [0.5, 0.6) is 5.75 Å². The number of nitrogens with one attached hydrogen (secondary N) is 1. The Morgan fingerprint density at radius 3 is 2.33 bits per heavy atom. The number of carbonyl (C=O) groups excluding carboxylic acids is 1. The maximum atomic E-state index is 13.5. The van der Waals surface area contributed by atoms with Crippen LogP contribution in [0.3, 0.4) is 0 Å². The van der Waals surface area contributed by atoms with Crippen LogP contribution < -0.4 is 9.46 Å². The van der Waals surface area contributed by atoms with Crippen molar-refractivity contribution in [2.45, 2.75) is 42.2 Å². The molecule has 3 aromatic carbocycles. The summed E-state index contributed by atoms with van der Waals surface area (Å²) in [5.41, 5.74) is 0.561. The monoisotopic (exact) mass is 653 g/mol. The number of hydrogen-bond acceptors (Lipinski definition) is 7. The number of sulfonamides is 2. The number of halogens is 2. The fraction of sp³-hybridized carbons (Fsp3) is 0.345. The predicted molar refractivity (Wildman–Crippen MR) is 160 cm³/mol. The first-order valence-corrected chi connectivity index (χ1v) is 16.7. The number of nitrogens with zero attached hydrogens (tertiary/aromatic N) is 2. The Hall–Kier alpha value is -3.23. The van der Waals surface area contributed by atoms with Crippen LogP contribution in [0.25, 0.3) is 0 Å². The molecule has 0 bridgehead atoms. The van der Waals surface area contributed by atoms with Crippen LogP contribution in [0, 0.1) is 11.7 Å². The Bertz CT molecular complexity index is 1670. The molecule has 1 amide bonds. The van der Waals surface area contributed by atoms with E-state index in [1.54, 1.807) is 6.92 Å². The van der Waals surface area contributed by atoms with Crippen LogP contribution in [0.4, 0.5) is 10.1 Å². The van der Waals surface area contributed by atoms with Crippen molar-refractivity contribution < 1.29 is 35.9 Å². The molecule has 1 aliphatic heterocycles. The largest absolute Gasteiger partial charge is 0.488 e. The van der Waals surface area contributed by atoms with Gasteiger partial charge in [0.1, 0.15) is 17.7 Å². The minimum atomic E-state index is -4.01. The highest BCUT2D eigenvalue weighted by Gasteiger charge is 2.33. The Morgan fingerprint density at radius 2 is 1.70 bits per heavy atom. The molecule has 0 fully saturated rings. The van der Waals surface area contributed by atoms with Gasteiger partial charge in [-0.05, 0) is 73.7 Å². The number of benzene rings is 3. The van der Waals surface area contributed by atoms with Gasteiger partial charge in [-0.25, -0.2) is 21.2 Å². The summed E-state index contributed by atoms with van der Waals surface area (Å²) in [6.45, 7) is 3.27. The molecule has 3 atom stereocenters. The fourth-order valence-corrected chi connectivity index (χ4v) is 7.04. The fourth-order valence-electron chi connectivity index (χ4n) is 4.68. The smallest absolute Gasteiger partial charge is 0.261 e. The molecule has 0 saturated carbocycles. The van der Waals surface area contributed by atoms with Crippen LogP contribution in [0.15, 0.2) is 76.5 Å². The predicted octanol–water partition coefficient (Wildman–Crippen LogP) is 3.75. The van der Waals surface area contributed by atoms with Gasteiger partial charge in [0.15, 0.2) is 0 Å². The second kappa shape index (κ2) is 13.2. The van der Waals surface area contributed by atoms with Gasteiger partial charge in [0.05, 0.1) is 35.4 Å². The first kappa shape index (κ1) is 32.7. The number of hydrogen-bond donors (Lipinski definition) is 2. The van der Waals surface area contributed by atoms with Crippen molar-refractivity contribution in [3.05, 3.63) is 83.1 Å². The van der Waals surface area contributed by atoms with E-state index in [0.717, 1.165) is 16.4 Å². The summed E-state index contributed by atoms with van der Waals surface area (Å²) < 4.78 is 75.8.